The molecule has 3 aliphatic rings. The molecule has 17 atom stereocenters. The van der Waals surface area contributed by atoms with Crippen LogP contribution < -0.4 is 5.32 Å². The molecule has 0 aromatic rings. The van der Waals surface area contributed by atoms with Crippen molar-refractivity contribution in [2.24, 2.45) is 0 Å². The van der Waals surface area contributed by atoms with Gasteiger partial charge < -0.3 is 89.9 Å². The summed E-state index contributed by atoms with van der Waals surface area (Å²) in [6.07, 6.45) is 21.6. The van der Waals surface area contributed by atoms with Crippen LogP contribution in [0.4, 0.5) is 0 Å². The van der Waals surface area contributed by atoms with Gasteiger partial charge in [0.25, 0.3) is 0 Å². The SMILES string of the molecule is CC/C=C\C/C=C\C/C=C\C/C=C\C/C=C\CCCCCCCC(=O)NC(COC1OC(CO)C(OC2OC(CO)C(OC3OC(CO)C(O)C(O)C3O)C(O)C2O)C(O)C1O)C(O)CCCCCCCCCCCCCCC. The second-order valence-corrected chi connectivity index (χ2v) is 21.4. The number of allylic oxidation sites excluding steroid dienone is 10. The van der Waals surface area contributed by atoms with E-state index in [1.165, 1.54) is 57.8 Å². The van der Waals surface area contributed by atoms with Crippen molar-refractivity contribution < 1.29 is 89.4 Å². The maximum absolute atomic E-state index is 13.3. The molecule has 79 heavy (non-hydrogen) atoms. The highest BCUT2D eigenvalue weighted by molar-refractivity contribution is 5.76. The molecule has 0 aromatic heterocycles. The lowest BCUT2D eigenvalue weighted by Crippen LogP contribution is -2.66. The first-order valence-electron chi connectivity index (χ1n) is 30.0. The molecule has 3 heterocycles. The van der Waals surface area contributed by atoms with Gasteiger partial charge in [0.1, 0.15) is 73.2 Å². The summed E-state index contributed by atoms with van der Waals surface area (Å²) in [5.74, 6) is -0.265. The summed E-state index contributed by atoms with van der Waals surface area (Å²) in [5, 5.41) is 120. The number of amides is 1. The summed E-state index contributed by atoms with van der Waals surface area (Å²) >= 11 is 0. The van der Waals surface area contributed by atoms with Gasteiger partial charge in [-0.25, -0.2) is 0 Å². The van der Waals surface area contributed by atoms with Gasteiger partial charge >= 0.3 is 0 Å². The Labute approximate surface area is 471 Å². The predicted molar refractivity (Wildman–Crippen MR) is 300 cm³/mol. The number of hydrogen-bond acceptors (Lipinski definition) is 18. The molecule has 0 bridgehead atoms. The maximum Gasteiger partial charge on any atom is 0.220 e. The van der Waals surface area contributed by atoms with E-state index in [-0.39, 0.29) is 18.9 Å². The number of rotatable bonds is 43. The van der Waals surface area contributed by atoms with Crippen LogP contribution in [0, 0.1) is 0 Å². The van der Waals surface area contributed by atoms with Crippen LogP contribution in [0.15, 0.2) is 60.8 Å². The van der Waals surface area contributed by atoms with Gasteiger partial charge in [-0.2, -0.15) is 0 Å². The molecule has 458 valence electrons. The third-order valence-corrected chi connectivity index (χ3v) is 14.9. The molecule has 3 fully saturated rings. The Morgan fingerprint density at radius 3 is 1.37 bits per heavy atom. The highest BCUT2D eigenvalue weighted by Gasteiger charge is 2.53. The van der Waals surface area contributed by atoms with Crippen molar-refractivity contribution in [1.29, 1.82) is 0 Å². The molecular formula is C60H105NO18. The Bertz CT molecular complexity index is 1680. The molecule has 0 aliphatic carbocycles. The Balaban J connectivity index is 1.49. The van der Waals surface area contributed by atoms with E-state index in [1.54, 1.807) is 0 Å². The van der Waals surface area contributed by atoms with E-state index in [9.17, 15) is 61.0 Å². The largest absolute Gasteiger partial charge is 0.394 e. The van der Waals surface area contributed by atoms with Crippen LogP contribution in [-0.2, 0) is 33.2 Å². The molecule has 19 heteroatoms. The molecule has 17 unspecified atom stereocenters. The van der Waals surface area contributed by atoms with Crippen molar-refractivity contribution in [2.75, 3.05) is 26.4 Å². The smallest absolute Gasteiger partial charge is 0.220 e. The van der Waals surface area contributed by atoms with Crippen LogP contribution in [0.2, 0.25) is 0 Å². The molecule has 0 aromatic carbocycles. The van der Waals surface area contributed by atoms with Gasteiger partial charge in [-0.1, -0.05) is 177 Å². The highest BCUT2D eigenvalue weighted by atomic mass is 16.8. The second kappa shape index (κ2) is 43.2. The summed E-state index contributed by atoms with van der Waals surface area (Å²) < 4.78 is 34.3. The number of carbonyl (C=O) groups is 1. The number of aliphatic hydroxyl groups excluding tert-OH is 11. The van der Waals surface area contributed by atoms with Crippen molar-refractivity contribution in [1.82, 2.24) is 5.32 Å². The number of ether oxygens (including phenoxy) is 6. The average molecular weight is 1130 g/mol. The number of unbranched alkanes of at least 4 members (excludes halogenated alkanes) is 17. The van der Waals surface area contributed by atoms with E-state index in [0.29, 0.717) is 12.8 Å². The lowest BCUT2D eigenvalue weighted by atomic mass is 9.96. The molecule has 3 aliphatic heterocycles. The second-order valence-electron chi connectivity index (χ2n) is 21.4. The molecule has 19 nitrogen and oxygen atoms in total. The Kier molecular flexibility index (Phi) is 38.7. The van der Waals surface area contributed by atoms with Gasteiger partial charge in [0.15, 0.2) is 18.9 Å². The summed E-state index contributed by atoms with van der Waals surface area (Å²) in [7, 11) is 0. The Morgan fingerprint density at radius 2 is 0.873 bits per heavy atom. The first-order chi connectivity index (χ1) is 38.3. The summed E-state index contributed by atoms with van der Waals surface area (Å²) in [4.78, 5) is 13.3. The van der Waals surface area contributed by atoms with Crippen molar-refractivity contribution in [3.05, 3.63) is 60.8 Å². The zero-order valence-corrected chi connectivity index (χ0v) is 47.6. The van der Waals surface area contributed by atoms with E-state index in [1.807, 2.05) is 0 Å². The quantitative estimate of drug-likeness (QED) is 0.0274. The van der Waals surface area contributed by atoms with Gasteiger partial charge in [-0.3, -0.25) is 4.79 Å². The number of aliphatic hydroxyl groups is 11. The molecule has 3 rings (SSSR count). The number of hydrogen-bond donors (Lipinski definition) is 12. The van der Waals surface area contributed by atoms with Gasteiger partial charge in [0.2, 0.25) is 5.91 Å². The molecular weight excluding hydrogens is 1020 g/mol. The minimum absolute atomic E-state index is 0.241. The fourth-order valence-corrected chi connectivity index (χ4v) is 9.93. The van der Waals surface area contributed by atoms with Crippen LogP contribution in [0.5, 0.6) is 0 Å². The molecule has 0 radical (unpaired) electrons. The molecule has 3 saturated heterocycles. The van der Waals surface area contributed by atoms with Crippen molar-refractivity contribution >= 4 is 5.91 Å². The summed E-state index contributed by atoms with van der Waals surface area (Å²) in [6, 6.07) is -0.899. The summed E-state index contributed by atoms with van der Waals surface area (Å²) in [6.45, 7) is 1.64. The predicted octanol–water partition coefficient (Wildman–Crippen LogP) is 5.26. The van der Waals surface area contributed by atoms with Crippen molar-refractivity contribution in [3.63, 3.8) is 0 Å². The zero-order valence-electron chi connectivity index (χ0n) is 47.6. The average Bonchev–Trinajstić information content (AvgIpc) is 3.45. The molecule has 0 saturated carbocycles. The highest BCUT2D eigenvalue weighted by Crippen LogP contribution is 2.33. The molecule has 1 amide bonds. The third-order valence-electron chi connectivity index (χ3n) is 14.9. The third kappa shape index (κ3) is 27.2. The van der Waals surface area contributed by atoms with Crippen LogP contribution >= 0.6 is 0 Å². The standard InChI is InChI=1S/C60H105NO18/c1-3-5-7-9-11-13-15-17-18-19-20-21-22-23-24-26-28-30-32-34-36-38-48(66)61-43(44(65)37-35-33-31-29-27-25-16-14-12-10-8-6-4-2)42-74-58-54(72)51(69)56(46(40-63)76-58)79-60-55(73)52(70)57(47(41-64)77-60)78-59-53(71)50(68)49(67)45(39-62)75-59/h5,7,11,13,17-18,20-21,23-24,43-47,49-60,62-65,67-73H,3-4,6,8-10,12,14-16,19,22,25-42H2,1-2H3,(H,61,66)/b7-5-,13-11-,18-17-,21-20-,24-23-. The van der Waals surface area contributed by atoms with Gasteiger partial charge in [0.05, 0.1) is 38.6 Å². The van der Waals surface area contributed by atoms with Crippen molar-refractivity contribution in [2.45, 2.75) is 285 Å². The topological polar surface area (TPSA) is 307 Å². The summed E-state index contributed by atoms with van der Waals surface area (Å²) in [5.41, 5.74) is 0. The van der Waals surface area contributed by atoms with Gasteiger partial charge in [-0.15, -0.1) is 0 Å². The Morgan fingerprint density at radius 1 is 0.468 bits per heavy atom. The van der Waals surface area contributed by atoms with E-state index < -0.39 is 124 Å². The van der Waals surface area contributed by atoms with Crippen LogP contribution in [0.25, 0.3) is 0 Å². The fourth-order valence-electron chi connectivity index (χ4n) is 9.93. The lowest BCUT2D eigenvalue weighted by molar-refractivity contribution is -0.379. The number of nitrogens with one attached hydrogen (secondary N) is 1. The Hall–Kier alpha value is -2.51. The first kappa shape index (κ1) is 70.8. The van der Waals surface area contributed by atoms with E-state index >= 15 is 0 Å². The van der Waals surface area contributed by atoms with E-state index in [4.69, 9.17) is 28.4 Å². The minimum atomic E-state index is -1.98. The first-order valence-corrected chi connectivity index (χ1v) is 30.0. The molecule has 12 N–H and O–H groups in total. The van der Waals surface area contributed by atoms with Gasteiger partial charge in [0, 0.05) is 6.42 Å². The van der Waals surface area contributed by atoms with Gasteiger partial charge in [-0.05, 0) is 57.8 Å². The van der Waals surface area contributed by atoms with Crippen LogP contribution in [-0.4, -0.2) is 193 Å². The lowest BCUT2D eigenvalue weighted by Gasteiger charge is -2.48. The van der Waals surface area contributed by atoms with Crippen LogP contribution in [0.3, 0.4) is 0 Å². The normalized spacial score (nSPS) is 30.7. The fraction of sp³-hybridized carbons (Fsp3) is 0.817. The van der Waals surface area contributed by atoms with Crippen LogP contribution in [0.1, 0.15) is 181 Å². The minimum Gasteiger partial charge on any atom is -0.394 e. The monoisotopic (exact) mass is 1130 g/mol. The maximum atomic E-state index is 13.3. The molecule has 0 spiro atoms. The van der Waals surface area contributed by atoms with E-state index in [0.717, 1.165) is 89.9 Å². The van der Waals surface area contributed by atoms with E-state index in [2.05, 4.69) is 79.9 Å². The number of carbonyl (C=O) groups excluding carboxylic acids is 1. The zero-order chi connectivity index (χ0) is 57.6. The van der Waals surface area contributed by atoms with Crippen molar-refractivity contribution in [3.8, 4) is 0 Å².